The summed E-state index contributed by atoms with van der Waals surface area (Å²) in [7, 11) is 0. The first-order chi connectivity index (χ1) is 4.93. The molecule has 0 radical (unpaired) electrons. The third kappa shape index (κ3) is 1.52. The highest BCUT2D eigenvalue weighted by atomic mass is 16.1. The molecule has 0 saturated carbocycles. The molecule has 0 N–H and O–H groups in total. The second kappa shape index (κ2) is 2.47. The standard InChI is InChI=1S/C10H16O/c1-7-6-10(3,4)8(2)5-9(7)11/h6,8H,5H2,1-4H3/t8-/m0/s1. The molecule has 0 heterocycles. The maximum atomic E-state index is 11.2. The van der Waals surface area contributed by atoms with Crippen molar-refractivity contribution in [3.05, 3.63) is 11.6 Å². The fourth-order valence-corrected chi connectivity index (χ4v) is 1.48. The molecule has 0 fully saturated rings. The van der Waals surface area contributed by atoms with Crippen LogP contribution in [0, 0.1) is 11.3 Å². The van der Waals surface area contributed by atoms with E-state index < -0.39 is 0 Å². The van der Waals surface area contributed by atoms with Crippen molar-refractivity contribution < 1.29 is 4.79 Å². The van der Waals surface area contributed by atoms with Crippen molar-refractivity contribution in [2.45, 2.75) is 34.1 Å². The molecule has 1 heteroatoms. The molecule has 0 aromatic rings. The fourth-order valence-electron chi connectivity index (χ4n) is 1.48. The number of hydrogen-bond donors (Lipinski definition) is 0. The molecule has 0 bridgehead atoms. The molecule has 0 aliphatic heterocycles. The van der Waals surface area contributed by atoms with Crippen molar-refractivity contribution in [1.29, 1.82) is 0 Å². The average molecular weight is 152 g/mol. The van der Waals surface area contributed by atoms with Crippen LogP contribution >= 0.6 is 0 Å². The normalized spacial score (nSPS) is 30.0. The van der Waals surface area contributed by atoms with Gasteiger partial charge in [-0.25, -0.2) is 0 Å². The summed E-state index contributed by atoms with van der Waals surface area (Å²) >= 11 is 0. The van der Waals surface area contributed by atoms with Crippen LogP contribution in [0.1, 0.15) is 34.1 Å². The summed E-state index contributed by atoms with van der Waals surface area (Å²) in [6.45, 7) is 8.43. The van der Waals surface area contributed by atoms with Gasteiger partial charge >= 0.3 is 0 Å². The first-order valence-corrected chi connectivity index (χ1v) is 4.16. The molecule has 0 aromatic heterocycles. The van der Waals surface area contributed by atoms with Gasteiger partial charge in [-0.2, -0.15) is 0 Å². The Morgan fingerprint density at radius 1 is 1.55 bits per heavy atom. The third-order valence-electron chi connectivity index (χ3n) is 2.79. The van der Waals surface area contributed by atoms with Gasteiger partial charge in [-0.15, -0.1) is 0 Å². The van der Waals surface area contributed by atoms with Crippen LogP contribution in [0.15, 0.2) is 11.6 Å². The molecule has 0 amide bonds. The van der Waals surface area contributed by atoms with E-state index in [9.17, 15) is 4.79 Å². The quantitative estimate of drug-likeness (QED) is 0.521. The Morgan fingerprint density at radius 2 is 2.09 bits per heavy atom. The van der Waals surface area contributed by atoms with Gasteiger partial charge in [0.05, 0.1) is 0 Å². The van der Waals surface area contributed by atoms with E-state index in [1.165, 1.54) is 0 Å². The second-order valence-electron chi connectivity index (χ2n) is 4.18. The minimum Gasteiger partial charge on any atom is -0.295 e. The van der Waals surface area contributed by atoms with Crippen molar-refractivity contribution in [3.8, 4) is 0 Å². The van der Waals surface area contributed by atoms with Crippen LogP contribution in [0.25, 0.3) is 0 Å². The summed E-state index contributed by atoms with van der Waals surface area (Å²) in [5.74, 6) is 0.801. The van der Waals surface area contributed by atoms with Gasteiger partial charge in [0.1, 0.15) is 0 Å². The van der Waals surface area contributed by atoms with Crippen LogP contribution in [0.4, 0.5) is 0 Å². The van der Waals surface area contributed by atoms with Crippen LogP contribution in [0.3, 0.4) is 0 Å². The number of hydrogen-bond acceptors (Lipinski definition) is 1. The zero-order valence-electron chi connectivity index (χ0n) is 7.77. The Bertz CT molecular complexity index is 211. The van der Waals surface area contributed by atoms with Crippen LogP contribution in [0.2, 0.25) is 0 Å². The van der Waals surface area contributed by atoms with E-state index in [0.717, 1.165) is 12.0 Å². The summed E-state index contributed by atoms with van der Waals surface area (Å²) in [4.78, 5) is 11.2. The Labute approximate surface area is 68.5 Å². The van der Waals surface area contributed by atoms with E-state index in [0.29, 0.717) is 11.7 Å². The van der Waals surface area contributed by atoms with Crippen molar-refractivity contribution >= 4 is 5.78 Å². The number of carbonyl (C=O) groups excluding carboxylic acids is 1. The van der Waals surface area contributed by atoms with Crippen molar-refractivity contribution in [2.24, 2.45) is 11.3 Å². The largest absolute Gasteiger partial charge is 0.295 e. The SMILES string of the molecule is CC1=CC(C)(C)[C@@H](C)CC1=O. The molecule has 1 aliphatic rings. The third-order valence-corrected chi connectivity index (χ3v) is 2.79. The second-order valence-corrected chi connectivity index (χ2v) is 4.18. The van der Waals surface area contributed by atoms with Gasteiger partial charge in [0, 0.05) is 6.42 Å². The molecule has 11 heavy (non-hydrogen) atoms. The zero-order valence-corrected chi connectivity index (χ0v) is 7.77. The van der Waals surface area contributed by atoms with Gasteiger partial charge in [-0.05, 0) is 23.8 Å². The lowest BCUT2D eigenvalue weighted by Crippen LogP contribution is -2.27. The summed E-state index contributed by atoms with van der Waals surface area (Å²) in [5, 5.41) is 0. The summed E-state index contributed by atoms with van der Waals surface area (Å²) in [6, 6.07) is 0. The Morgan fingerprint density at radius 3 is 2.55 bits per heavy atom. The number of Topliss-reactive ketones (excluding diaryl/α,β-unsaturated/α-hetero) is 1. The van der Waals surface area contributed by atoms with Crippen molar-refractivity contribution in [1.82, 2.24) is 0 Å². The first kappa shape index (κ1) is 8.51. The van der Waals surface area contributed by atoms with Crippen molar-refractivity contribution in [2.75, 3.05) is 0 Å². The highest BCUT2D eigenvalue weighted by molar-refractivity contribution is 5.95. The Kier molecular flexibility index (Phi) is 1.91. The topological polar surface area (TPSA) is 17.1 Å². The molecule has 1 nitrogen and oxygen atoms in total. The van der Waals surface area contributed by atoms with Gasteiger partial charge in [0.2, 0.25) is 0 Å². The van der Waals surface area contributed by atoms with Gasteiger partial charge in [-0.3, -0.25) is 4.79 Å². The van der Waals surface area contributed by atoms with E-state index in [1.54, 1.807) is 0 Å². The first-order valence-electron chi connectivity index (χ1n) is 4.16. The predicted molar refractivity (Wildman–Crippen MR) is 46.3 cm³/mol. The van der Waals surface area contributed by atoms with Crippen molar-refractivity contribution in [3.63, 3.8) is 0 Å². The molecular formula is C10H16O. The van der Waals surface area contributed by atoms with Crippen LogP contribution < -0.4 is 0 Å². The number of carbonyl (C=O) groups is 1. The predicted octanol–water partition coefficient (Wildman–Crippen LogP) is 2.57. The minimum absolute atomic E-state index is 0.206. The zero-order chi connectivity index (χ0) is 8.65. The maximum absolute atomic E-state index is 11.2. The highest BCUT2D eigenvalue weighted by Crippen LogP contribution is 2.36. The maximum Gasteiger partial charge on any atom is 0.158 e. The highest BCUT2D eigenvalue weighted by Gasteiger charge is 2.30. The van der Waals surface area contributed by atoms with E-state index in [2.05, 4.69) is 26.8 Å². The molecular weight excluding hydrogens is 136 g/mol. The number of rotatable bonds is 0. The lowest BCUT2D eigenvalue weighted by molar-refractivity contribution is -0.117. The molecule has 0 spiro atoms. The molecule has 62 valence electrons. The van der Waals surface area contributed by atoms with E-state index in [1.807, 2.05) is 6.92 Å². The van der Waals surface area contributed by atoms with Crippen LogP contribution in [-0.4, -0.2) is 5.78 Å². The molecule has 0 unspecified atom stereocenters. The lowest BCUT2D eigenvalue weighted by Gasteiger charge is -2.32. The Hall–Kier alpha value is -0.590. The van der Waals surface area contributed by atoms with E-state index in [-0.39, 0.29) is 5.41 Å². The van der Waals surface area contributed by atoms with Gasteiger partial charge in [0.25, 0.3) is 0 Å². The van der Waals surface area contributed by atoms with Crippen LogP contribution in [-0.2, 0) is 4.79 Å². The summed E-state index contributed by atoms with van der Waals surface area (Å²) in [5.41, 5.74) is 1.14. The molecule has 0 saturated heterocycles. The lowest BCUT2D eigenvalue weighted by atomic mass is 9.72. The summed E-state index contributed by atoms with van der Waals surface area (Å²) in [6.07, 6.45) is 2.82. The molecule has 1 atom stereocenters. The smallest absolute Gasteiger partial charge is 0.158 e. The van der Waals surface area contributed by atoms with Gasteiger partial charge < -0.3 is 0 Å². The van der Waals surface area contributed by atoms with E-state index >= 15 is 0 Å². The van der Waals surface area contributed by atoms with Gasteiger partial charge in [-0.1, -0.05) is 26.8 Å². The Balaban J connectivity index is 2.96. The van der Waals surface area contributed by atoms with E-state index in [4.69, 9.17) is 0 Å². The minimum atomic E-state index is 0.206. The average Bonchev–Trinajstić information content (AvgIpc) is 1.83. The molecule has 1 rings (SSSR count). The number of allylic oxidation sites excluding steroid dienone is 2. The molecule has 1 aliphatic carbocycles. The van der Waals surface area contributed by atoms with Crippen LogP contribution in [0.5, 0.6) is 0 Å². The fraction of sp³-hybridized carbons (Fsp3) is 0.700. The monoisotopic (exact) mass is 152 g/mol. The number of ketones is 1. The summed E-state index contributed by atoms with van der Waals surface area (Å²) < 4.78 is 0. The van der Waals surface area contributed by atoms with Gasteiger partial charge in [0.15, 0.2) is 5.78 Å². The molecule has 0 aromatic carbocycles.